The molecule has 13 heavy (non-hydrogen) atoms. The van der Waals surface area contributed by atoms with Crippen LogP contribution in [0, 0.1) is 5.92 Å². The van der Waals surface area contributed by atoms with Crippen LogP contribution in [0.2, 0.25) is 0 Å². The van der Waals surface area contributed by atoms with Crippen LogP contribution < -0.4 is 5.73 Å². The highest BCUT2D eigenvalue weighted by atomic mass is 16.2. The molecule has 0 aromatic heterocycles. The summed E-state index contributed by atoms with van der Waals surface area (Å²) < 4.78 is 0. The predicted octanol–water partition coefficient (Wildman–Crippen LogP) is 0.982. The molecule has 0 radical (unpaired) electrons. The van der Waals surface area contributed by atoms with E-state index in [4.69, 9.17) is 5.73 Å². The van der Waals surface area contributed by atoms with Crippen LogP contribution >= 0.6 is 0 Å². The van der Waals surface area contributed by atoms with Crippen LogP contribution in [0.4, 0.5) is 0 Å². The summed E-state index contributed by atoms with van der Waals surface area (Å²) in [7, 11) is 0. The first-order chi connectivity index (χ1) is 6.20. The van der Waals surface area contributed by atoms with Crippen LogP contribution in [0.5, 0.6) is 0 Å². The summed E-state index contributed by atoms with van der Waals surface area (Å²) in [6.07, 6.45) is 3.11. The molecule has 0 aromatic rings. The van der Waals surface area contributed by atoms with E-state index in [1.807, 2.05) is 4.90 Å². The Hall–Kier alpha value is -0.570. The van der Waals surface area contributed by atoms with E-state index < -0.39 is 0 Å². The highest BCUT2D eigenvalue weighted by Gasteiger charge is 2.31. The number of piperidine rings is 1. The first kappa shape index (κ1) is 10.5. The van der Waals surface area contributed by atoms with Crippen molar-refractivity contribution in [1.82, 2.24) is 4.90 Å². The normalized spacial score (nSPS) is 29.5. The number of hydrogen-bond donors (Lipinski definition) is 1. The number of nitrogens with zero attached hydrogens (tertiary/aromatic N) is 1. The van der Waals surface area contributed by atoms with E-state index in [-0.39, 0.29) is 11.8 Å². The molecule has 0 spiro atoms. The Kier molecular flexibility index (Phi) is 3.72. The number of amides is 1. The van der Waals surface area contributed by atoms with Gasteiger partial charge in [-0.3, -0.25) is 4.79 Å². The molecule has 1 fully saturated rings. The topological polar surface area (TPSA) is 46.3 Å². The maximum Gasteiger partial charge on any atom is 0.227 e. The lowest BCUT2D eigenvalue weighted by molar-refractivity contribution is -0.140. The van der Waals surface area contributed by atoms with Gasteiger partial charge >= 0.3 is 0 Å². The molecule has 0 unspecified atom stereocenters. The van der Waals surface area contributed by atoms with Gasteiger partial charge in [0.2, 0.25) is 5.91 Å². The summed E-state index contributed by atoms with van der Waals surface area (Å²) >= 11 is 0. The molecule has 76 valence electrons. The second-order valence-corrected chi connectivity index (χ2v) is 3.89. The van der Waals surface area contributed by atoms with Gasteiger partial charge in [0.05, 0.1) is 5.92 Å². The Bertz CT molecular complexity index is 182. The monoisotopic (exact) mass is 184 g/mol. The van der Waals surface area contributed by atoms with Gasteiger partial charge in [-0.25, -0.2) is 0 Å². The smallest absolute Gasteiger partial charge is 0.227 e. The van der Waals surface area contributed by atoms with Crippen molar-refractivity contribution < 1.29 is 4.79 Å². The van der Waals surface area contributed by atoms with E-state index in [2.05, 4.69) is 13.8 Å². The third-order valence-electron chi connectivity index (χ3n) is 2.85. The number of nitrogens with two attached hydrogens (primary N) is 1. The lowest BCUT2D eigenvalue weighted by Crippen LogP contribution is -2.48. The molecule has 1 amide bonds. The van der Waals surface area contributed by atoms with Gasteiger partial charge in [0, 0.05) is 19.1 Å². The fraction of sp³-hybridized carbons (Fsp3) is 0.900. The van der Waals surface area contributed by atoms with Crippen LogP contribution in [0.3, 0.4) is 0 Å². The van der Waals surface area contributed by atoms with Crippen molar-refractivity contribution in [1.29, 1.82) is 0 Å². The average molecular weight is 184 g/mol. The maximum atomic E-state index is 11.8. The first-order valence-electron chi connectivity index (χ1n) is 5.21. The first-order valence-corrected chi connectivity index (χ1v) is 5.21. The van der Waals surface area contributed by atoms with Crippen LogP contribution in [-0.2, 0) is 4.79 Å². The fourth-order valence-electron chi connectivity index (χ4n) is 1.96. The van der Waals surface area contributed by atoms with Crippen molar-refractivity contribution in [3.8, 4) is 0 Å². The van der Waals surface area contributed by atoms with E-state index in [0.717, 1.165) is 25.8 Å². The Labute approximate surface area is 80.3 Å². The zero-order valence-corrected chi connectivity index (χ0v) is 8.62. The number of hydrogen-bond acceptors (Lipinski definition) is 2. The van der Waals surface area contributed by atoms with Crippen LogP contribution in [-0.4, -0.2) is 29.9 Å². The zero-order valence-electron chi connectivity index (χ0n) is 8.62. The van der Waals surface area contributed by atoms with E-state index >= 15 is 0 Å². The summed E-state index contributed by atoms with van der Waals surface area (Å²) in [5.41, 5.74) is 5.55. The highest BCUT2D eigenvalue weighted by Crippen LogP contribution is 2.22. The van der Waals surface area contributed by atoms with Gasteiger partial charge < -0.3 is 10.6 Å². The molecule has 1 aliphatic rings. The third kappa shape index (κ3) is 2.21. The highest BCUT2D eigenvalue weighted by molar-refractivity contribution is 5.80. The Morgan fingerprint density at radius 3 is 2.77 bits per heavy atom. The molecular weight excluding hydrogens is 164 g/mol. The molecule has 2 N–H and O–H groups in total. The van der Waals surface area contributed by atoms with E-state index in [1.54, 1.807) is 0 Å². The molecule has 1 saturated heterocycles. The Morgan fingerprint density at radius 2 is 2.23 bits per heavy atom. The molecule has 0 saturated carbocycles. The standard InChI is InChI=1S/C10H20N2O/c1-3-6-12-8(2)4-5-9(7-11)10(12)13/h8-9H,3-7,11H2,1-2H3/t8-,9+/m1/s1. The molecule has 1 aliphatic heterocycles. The molecular formula is C10H20N2O. The quantitative estimate of drug-likeness (QED) is 0.710. The molecule has 0 bridgehead atoms. The van der Waals surface area contributed by atoms with Crippen LogP contribution in [0.15, 0.2) is 0 Å². The Morgan fingerprint density at radius 1 is 1.54 bits per heavy atom. The fourth-order valence-corrected chi connectivity index (χ4v) is 1.96. The van der Waals surface area contributed by atoms with Gasteiger partial charge in [-0.1, -0.05) is 6.92 Å². The second-order valence-electron chi connectivity index (χ2n) is 3.89. The van der Waals surface area contributed by atoms with Crippen molar-refractivity contribution in [2.45, 2.75) is 39.2 Å². The minimum Gasteiger partial charge on any atom is -0.340 e. The summed E-state index contributed by atoms with van der Waals surface area (Å²) in [6.45, 7) is 5.62. The van der Waals surface area contributed by atoms with Crippen LogP contribution in [0.1, 0.15) is 33.1 Å². The van der Waals surface area contributed by atoms with Gasteiger partial charge in [-0.15, -0.1) is 0 Å². The van der Waals surface area contributed by atoms with Crippen molar-refractivity contribution in [3.05, 3.63) is 0 Å². The molecule has 1 rings (SSSR count). The largest absolute Gasteiger partial charge is 0.340 e. The van der Waals surface area contributed by atoms with Crippen molar-refractivity contribution >= 4 is 5.91 Å². The number of carbonyl (C=O) groups is 1. The zero-order chi connectivity index (χ0) is 9.84. The van der Waals surface area contributed by atoms with Crippen molar-refractivity contribution in [2.24, 2.45) is 11.7 Å². The summed E-state index contributed by atoms with van der Waals surface area (Å²) in [4.78, 5) is 13.8. The minimum atomic E-state index is 0.0859. The van der Waals surface area contributed by atoms with Crippen molar-refractivity contribution in [2.75, 3.05) is 13.1 Å². The van der Waals surface area contributed by atoms with Crippen molar-refractivity contribution in [3.63, 3.8) is 0 Å². The molecule has 2 atom stereocenters. The lowest BCUT2D eigenvalue weighted by atomic mass is 9.92. The Balaban J connectivity index is 2.60. The number of rotatable bonds is 3. The van der Waals surface area contributed by atoms with Gasteiger partial charge in [-0.2, -0.15) is 0 Å². The van der Waals surface area contributed by atoms with Gasteiger partial charge in [-0.05, 0) is 26.2 Å². The van der Waals surface area contributed by atoms with E-state index in [0.29, 0.717) is 12.6 Å². The lowest BCUT2D eigenvalue weighted by Gasteiger charge is -2.37. The average Bonchev–Trinajstić information content (AvgIpc) is 2.12. The van der Waals surface area contributed by atoms with E-state index in [1.165, 1.54) is 0 Å². The second kappa shape index (κ2) is 4.61. The number of carbonyl (C=O) groups excluding carboxylic acids is 1. The molecule has 0 aromatic carbocycles. The summed E-state index contributed by atoms with van der Waals surface area (Å²) in [5.74, 6) is 0.353. The van der Waals surface area contributed by atoms with Gasteiger partial charge in [0.15, 0.2) is 0 Å². The number of likely N-dealkylation sites (tertiary alicyclic amines) is 1. The minimum absolute atomic E-state index is 0.0859. The van der Waals surface area contributed by atoms with Gasteiger partial charge in [0.1, 0.15) is 0 Å². The molecule has 3 heteroatoms. The maximum absolute atomic E-state index is 11.8. The predicted molar refractivity (Wildman–Crippen MR) is 53.2 cm³/mol. The summed E-state index contributed by atoms with van der Waals surface area (Å²) in [6, 6.07) is 0.412. The SMILES string of the molecule is CCCN1C(=O)[C@H](CN)CC[C@H]1C. The molecule has 1 heterocycles. The van der Waals surface area contributed by atoms with Crippen LogP contribution in [0.25, 0.3) is 0 Å². The third-order valence-corrected chi connectivity index (χ3v) is 2.85. The molecule has 0 aliphatic carbocycles. The summed E-state index contributed by atoms with van der Waals surface area (Å²) in [5, 5.41) is 0. The van der Waals surface area contributed by atoms with Gasteiger partial charge in [0.25, 0.3) is 0 Å². The molecule has 3 nitrogen and oxygen atoms in total. The van der Waals surface area contributed by atoms with E-state index in [9.17, 15) is 4.79 Å².